The zero-order chi connectivity index (χ0) is 27.1. The third-order valence-electron chi connectivity index (χ3n) is 5.50. The first-order chi connectivity index (χ1) is 16.8. The van der Waals surface area contributed by atoms with Crippen LogP contribution in [-0.4, -0.2) is 68.2 Å². The summed E-state index contributed by atoms with van der Waals surface area (Å²) in [5, 5.41) is 2.93. The molecule has 0 spiro atoms. The van der Waals surface area contributed by atoms with E-state index in [0.29, 0.717) is 12.8 Å². The summed E-state index contributed by atoms with van der Waals surface area (Å²) in [5.74, 6) is -1.37. The molecule has 10 heteroatoms. The molecule has 2 rings (SSSR count). The third-order valence-corrected chi connectivity index (χ3v) is 7.32. The Bertz CT molecular complexity index is 1120. The maximum atomic E-state index is 13.7. The van der Waals surface area contributed by atoms with Crippen molar-refractivity contribution in [1.29, 1.82) is 0 Å². The summed E-state index contributed by atoms with van der Waals surface area (Å²) >= 11 is 0. The number of amides is 2. The first kappa shape index (κ1) is 29.3. The molecule has 0 aliphatic rings. The van der Waals surface area contributed by atoms with Gasteiger partial charge in [0.05, 0.1) is 5.69 Å². The quantitative estimate of drug-likeness (QED) is 0.493. The zero-order valence-corrected chi connectivity index (χ0v) is 22.7. The molecule has 0 fully saturated rings. The number of hydrogen-bond donors (Lipinski definition) is 1. The largest absolute Gasteiger partial charge is 0.350 e. The van der Waals surface area contributed by atoms with Crippen molar-refractivity contribution in [3.8, 4) is 0 Å². The molecule has 2 aromatic carbocycles. The molecule has 1 unspecified atom stereocenters. The summed E-state index contributed by atoms with van der Waals surface area (Å²) in [5.41, 5.74) is 0.624. The van der Waals surface area contributed by atoms with Gasteiger partial charge in [-0.3, -0.25) is 9.59 Å². The maximum Gasteiger partial charge on any atom is 0.304 e. The van der Waals surface area contributed by atoms with Gasteiger partial charge in [-0.25, -0.2) is 8.70 Å². The Morgan fingerprint density at radius 1 is 1.00 bits per heavy atom. The highest BCUT2D eigenvalue weighted by Crippen LogP contribution is 2.21. The Labute approximate surface area is 214 Å². The van der Waals surface area contributed by atoms with Crippen LogP contribution in [0.1, 0.15) is 39.7 Å². The van der Waals surface area contributed by atoms with Crippen LogP contribution in [0.4, 0.5) is 10.1 Å². The predicted octanol–water partition coefficient (Wildman–Crippen LogP) is 3.20. The van der Waals surface area contributed by atoms with Gasteiger partial charge < -0.3 is 10.2 Å². The van der Waals surface area contributed by atoms with E-state index in [1.165, 1.54) is 31.1 Å². The first-order valence-corrected chi connectivity index (χ1v) is 13.3. The van der Waals surface area contributed by atoms with Gasteiger partial charge in [-0.15, -0.1) is 0 Å². The minimum absolute atomic E-state index is 0.147. The molecule has 0 aromatic heterocycles. The molecule has 0 bridgehead atoms. The standard InChI is InChI=1S/C26H37FN4O4S/c1-7-23(25(33)28-26(2,3)4)30(18-17-20-11-9-8-10-12-20)24(32)19-31(36(34,35)29(5)6)22-15-13-21(27)14-16-22/h8-16,23H,7,17-19H2,1-6H3,(H,28,33). The number of hydrogen-bond acceptors (Lipinski definition) is 4. The van der Waals surface area contributed by atoms with Crippen molar-refractivity contribution < 1.29 is 22.4 Å². The number of halogens is 1. The molecule has 0 radical (unpaired) electrons. The molecular formula is C26H37FN4O4S. The van der Waals surface area contributed by atoms with Crippen molar-refractivity contribution in [2.24, 2.45) is 0 Å². The number of benzene rings is 2. The van der Waals surface area contributed by atoms with E-state index < -0.39 is 40.1 Å². The van der Waals surface area contributed by atoms with Crippen LogP contribution in [0.3, 0.4) is 0 Å². The van der Waals surface area contributed by atoms with E-state index in [1.807, 2.05) is 58.0 Å². The predicted molar refractivity (Wildman–Crippen MR) is 140 cm³/mol. The SMILES string of the molecule is CCC(C(=O)NC(C)(C)C)N(CCc1ccccc1)C(=O)CN(c1ccc(F)cc1)S(=O)(=O)N(C)C. The van der Waals surface area contributed by atoms with E-state index in [9.17, 15) is 22.4 Å². The normalized spacial score (nSPS) is 12.8. The molecule has 1 N–H and O–H groups in total. The fraction of sp³-hybridized carbons (Fsp3) is 0.462. The molecule has 1 atom stereocenters. The lowest BCUT2D eigenvalue weighted by atomic mass is 10.1. The number of nitrogens with zero attached hydrogens (tertiary/aromatic N) is 3. The molecule has 198 valence electrons. The summed E-state index contributed by atoms with van der Waals surface area (Å²) < 4.78 is 41.7. The van der Waals surface area contributed by atoms with Gasteiger partial charge >= 0.3 is 10.2 Å². The summed E-state index contributed by atoms with van der Waals surface area (Å²) in [4.78, 5) is 28.3. The second-order valence-corrected chi connectivity index (χ2v) is 11.8. The molecule has 0 saturated heterocycles. The van der Waals surface area contributed by atoms with Crippen molar-refractivity contribution in [2.45, 2.75) is 52.1 Å². The minimum atomic E-state index is -4.09. The molecule has 0 aliphatic carbocycles. The van der Waals surface area contributed by atoms with Crippen LogP contribution in [0.25, 0.3) is 0 Å². The van der Waals surface area contributed by atoms with Crippen molar-refractivity contribution in [3.63, 3.8) is 0 Å². The van der Waals surface area contributed by atoms with Crippen molar-refractivity contribution in [1.82, 2.24) is 14.5 Å². The van der Waals surface area contributed by atoms with Crippen LogP contribution < -0.4 is 9.62 Å². The zero-order valence-electron chi connectivity index (χ0n) is 21.9. The van der Waals surface area contributed by atoms with Gasteiger partial charge in [0, 0.05) is 26.2 Å². The van der Waals surface area contributed by atoms with Crippen molar-refractivity contribution in [2.75, 3.05) is 31.5 Å². The number of nitrogens with one attached hydrogen (secondary N) is 1. The van der Waals surface area contributed by atoms with E-state index in [1.54, 1.807) is 0 Å². The second kappa shape index (κ2) is 12.3. The highest BCUT2D eigenvalue weighted by molar-refractivity contribution is 7.90. The van der Waals surface area contributed by atoms with Gasteiger partial charge in [0.25, 0.3) is 0 Å². The monoisotopic (exact) mass is 520 g/mol. The average Bonchev–Trinajstić information content (AvgIpc) is 2.80. The van der Waals surface area contributed by atoms with Crippen LogP contribution in [0.5, 0.6) is 0 Å². The Morgan fingerprint density at radius 3 is 2.08 bits per heavy atom. The molecule has 0 aliphatic heterocycles. The number of anilines is 1. The molecule has 0 saturated carbocycles. The highest BCUT2D eigenvalue weighted by Gasteiger charge is 2.34. The van der Waals surface area contributed by atoms with Crippen molar-refractivity contribution in [3.05, 3.63) is 66.0 Å². The molecule has 2 aromatic rings. The lowest BCUT2D eigenvalue weighted by molar-refractivity contribution is -0.140. The van der Waals surface area contributed by atoms with E-state index in [2.05, 4.69) is 5.32 Å². The molecule has 8 nitrogen and oxygen atoms in total. The molecule has 36 heavy (non-hydrogen) atoms. The Hall–Kier alpha value is -2.98. The van der Waals surface area contributed by atoms with E-state index in [4.69, 9.17) is 0 Å². The lowest BCUT2D eigenvalue weighted by Gasteiger charge is -2.35. The smallest absolute Gasteiger partial charge is 0.304 e. The Kier molecular flexibility index (Phi) is 10.0. The number of carbonyl (C=O) groups excluding carboxylic acids is 2. The first-order valence-electron chi connectivity index (χ1n) is 11.9. The highest BCUT2D eigenvalue weighted by atomic mass is 32.2. The van der Waals surface area contributed by atoms with Gasteiger partial charge in [0.15, 0.2) is 0 Å². The molecular weight excluding hydrogens is 483 g/mol. The van der Waals surface area contributed by atoms with E-state index >= 15 is 0 Å². The summed E-state index contributed by atoms with van der Waals surface area (Å²) in [6.07, 6.45) is 0.836. The van der Waals surface area contributed by atoms with Gasteiger partial charge in [-0.05, 0) is 63.4 Å². The van der Waals surface area contributed by atoms with Gasteiger partial charge in [0.1, 0.15) is 18.4 Å². The number of rotatable bonds is 11. The topological polar surface area (TPSA) is 90.0 Å². The summed E-state index contributed by atoms with van der Waals surface area (Å²) in [6.45, 7) is 7.05. The van der Waals surface area contributed by atoms with Gasteiger partial charge in [0.2, 0.25) is 11.8 Å². The van der Waals surface area contributed by atoms with Gasteiger partial charge in [-0.2, -0.15) is 12.7 Å². The Morgan fingerprint density at radius 2 is 1.58 bits per heavy atom. The van der Waals surface area contributed by atoms with Crippen LogP contribution >= 0.6 is 0 Å². The average molecular weight is 521 g/mol. The maximum absolute atomic E-state index is 13.7. The van der Waals surface area contributed by atoms with Crippen LogP contribution in [0.15, 0.2) is 54.6 Å². The summed E-state index contributed by atoms with van der Waals surface area (Å²) in [6, 6.07) is 13.6. The third kappa shape index (κ3) is 8.03. The van der Waals surface area contributed by atoms with Crippen LogP contribution in [0.2, 0.25) is 0 Å². The molecule has 2 amide bonds. The number of carbonyl (C=O) groups is 2. The second-order valence-electron chi connectivity index (χ2n) is 9.76. The van der Waals surface area contributed by atoms with Crippen LogP contribution in [-0.2, 0) is 26.2 Å². The van der Waals surface area contributed by atoms with E-state index in [0.717, 1.165) is 26.3 Å². The lowest BCUT2D eigenvalue weighted by Crippen LogP contribution is -2.56. The van der Waals surface area contributed by atoms with Crippen molar-refractivity contribution >= 4 is 27.7 Å². The van der Waals surface area contributed by atoms with Crippen LogP contribution in [0, 0.1) is 5.82 Å². The Balaban J connectivity index is 2.44. The fourth-order valence-corrected chi connectivity index (χ4v) is 4.73. The molecule has 0 heterocycles. The fourth-order valence-electron chi connectivity index (χ4n) is 3.67. The van der Waals surface area contributed by atoms with Gasteiger partial charge in [-0.1, -0.05) is 37.3 Å². The van der Waals surface area contributed by atoms with E-state index in [-0.39, 0.29) is 18.1 Å². The summed E-state index contributed by atoms with van der Waals surface area (Å²) in [7, 11) is -1.37. The minimum Gasteiger partial charge on any atom is -0.350 e.